The van der Waals surface area contributed by atoms with Crippen molar-refractivity contribution in [1.29, 1.82) is 0 Å². The Morgan fingerprint density at radius 2 is 1.73 bits per heavy atom. The van der Waals surface area contributed by atoms with Crippen LogP contribution in [0.1, 0.15) is 25.2 Å². The fraction of sp³-hybridized carbons (Fsp3) is 0.333. The van der Waals surface area contributed by atoms with Gasteiger partial charge in [0.05, 0.1) is 30.9 Å². The maximum absolute atomic E-state index is 6.06. The number of aromatic nitrogens is 3. The Balaban J connectivity index is 0.000000197. The molecule has 5 rings (SSSR count). The van der Waals surface area contributed by atoms with Crippen LogP contribution >= 0.6 is 0 Å². The molecule has 1 aliphatic rings. The molecule has 1 aliphatic heterocycles. The first-order valence-corrected chi connectivity index (χ1v) is 10.4. The van der Waals surface area contributed by atoms with Crippen molar-refractivity contribution in [3.8, 4) is 0 Å². The number of pyridine rings is 1. The summed E-state index contributed by atoms with van der Waals surface area (Å²) in [7, 11) is 1.70. The number of hydrogen-bond acceptors (Lipinski definition) is 5. The van der Waals surface area contributed by atoms with Gasteiger partial charge in [0.2, 0.25) is 0 Å². The Morgan fingerprint density at radius 3 is 2.50 bits per heavy atom. The first kappa shape index (κ1) is 21.7. The molecular weight excluding hydrogens is 376 g/mol. The molecule has 2 N–H and O–H groups in total. The summed E-state index contributed by atoms with van der Waals surface area (Å²) in [6.07, 6.45) is 0.822. The maximum atomic E-state index is 6.06. The summed E-state index contributed by atoms with van der Waals surface area (Å²) in [6, 6.07) is 18.2. The molecule has 158 valence electrons. The third-order valence-corrected chi connectivity index (χ3v) is 4.77. The number of para-hydroxylation sites is 1. The number of hydrogen-bond donors (Lipinski definition) is 1. The number of ether oxygens (including phenoxy) is 2. The van der Waals surface area contributed by atoms with Crippen molar-refractivity contribution >= 4 is 27.8 Å². The van der Waals surface area contributed by atoms with E-state index in [0.717, 1.165) is 47.3 Å². The highest BCUT2D eigenvalue weighted by atomic mass is 16.5. The van der Waals surface area contributed by atoms with E-state index in [1.54, 1.807) is 7.11 Å². The van der Waals surface area contributed by atoms with Crippen molar-refractivity contribution in [2.45, 2.75) is 33.4 Å². The number of nitrogens with zero attached hydrogens (tertiary/aromatic N) is 3. The molecular formula is C24H30N4O2. The molecule has 0 fully saturated rings. The second-order valence-electron chi connectivity index (χ2n) is 6.67. The molecule has 0 bridgehead atoms. The first-order valence-electron chi connectivity index (χ1n) is 10.4. The van der Waals surface area contributed by atoms with E-state index in [2.05, 4.69) is 20.6 Å². The SMILES string of the molecule is CC.COCc1ccccc1.Nc1nc2ccccc2c2c1nc1n2CCOCC1. The van der Waals surface area contributed by atoms with Crippen LogP contribution in [-0.2, 0) is 29.0 Å². The zero-order chi connectivity index (χ0) is 21.3. The van der Waals surface area contributed by atoms with E-state index in [4.69, 9.17) is 15.2 Å². The Morgan fingerprint density at radius 1 is 1.00 bits per heavy atom. The van der Waals surface area contributed by atoms with Crippen molar-refractivity contribution in [3.63, 3.8) is 0 Å². The minimum atomic E-state index is 0.509. The molecule has 0 radical (unpaired) electrons. The quantitative estimate of drug-likeness (QED) is 0.527. The third kappa shape index (κ3) is 4.78. The Bertz CT molecular complexity index is 1080. The summed E-state index contributed by atoms with van der Waals surface area (Å²) >= 11 is 0. The molecule has 0 saturated heterocycles. The van der Waals surface area contributed by atoms with E-state index in [9.17, 15) is 0 Å². The highest BCUT2D eigenvalue weighted by Gasteiger charge is 2.18. The predicted octanol–water partition coefficient (Wildman–Crippen LogP) is 4.60. The van der Waals surface area contributed by atoms with E-state index in [0.29, 0.717) is 19.0 Å². The monoisotopic (exact) mass is 406 g/mol. The van der Waals surface area contributed by atoms with Gasteiger partial charge in [-0.2, -0.15) is 0 Å². The molecule has 0 saturated carbocycles. The standard InChI is InChI=1S/C14H14N4O.C8H10O.C2H6/c15-14-12-13(9-3-1-2-4-10(9)16-14)18-6-8-19-7-5-11(18)17-12;1-9-7-8-5-3-2-4-6-8;1-2/h1-4H,5-8H2,(H2,15,16);2-6H,7H2,1H3;1-2H3. The smallest absolute Gasteiger partial charge is 0.152 e. The Hall–Kier alpha value is -2.96. The third-order valence-electron chi connectivity index (χ3n) is 4.77. The summed E-state index contributed by atoms with van der Waals surface area (Å²) in [5, 5.41) is 1.10. The number of fused-ring (bicyclic) bond motifs is 5. The topological polar surface area (TPSA) is 75.2 Å². The summed E-state index contributed by atoms with van der Waals surface area (Å²) < 4.78 is 12.7. The van der Waals surface area contributed by atoms with Crippen LogP contribution in [0.2, 0.25) is 0 Å². The lowest BCUT2D eigenvalue weighted by Gasteiger charge is -2.07. The van der Waals surface area contributed by atoms with Gasteiger partial charge in [-0.15, -0.1) is 0 Å². The molecule has 2 aromatic carbocycles. The fourth-order valence-corrected chi connectivity index (χ4v) is 3.50. The fourth-order valence-electron chi connectivity index (χ4n) is 3.50. The Kier molecular flexibility index (Phi) is 7.76. The average Bonchev–Trinajstić information content (AvgIpc) is 3.00. The zero-order valence-corrected chi connectivity index (χ0v) is 18.0. The summed E-state index contributed by atoms with van der Waals surface area (Å²) in [6.45, 7) is 6.96. The lowest BCUT2D eigenvalue weighted by atomic mass is 10.2. The maximum Gasteiger partial charge on any atom is 0.152 e. The molecule has 0 atom stereocenters. The van der Waals surface area contributed by atoms with Gasteiger partial charge >= 0.3 is 0 Å². The van der Waals surface area contributed by atoms with E-state index in [1.165, 1.54) is 5.56 Å². The number of rotatable bonds is 2. The molecule has 2 aromatic heterocycles. The van der Waals surface area contributed by atoms with Gasteiger partial charge in [0, 0.05) is 25.5 Å². The highest BCUT2D eigenvalue weighted by Crippen LogP contribution is 2.29. The lowest BCUT2D eigenvalue weighted by molar-refractivity contribution is 0.141. The normalized spacial score (nSPS) is 12.9. The van der Waals surface area contributed by atoms with Crippen LogP contribution < -0.4 is 5.73 Å². The largest absolute Gasteiger partial charge is 0.382 e. The van der Waals surface area contributed by atoms with Gasteiger partial charge in [0.1, 0.15) is 11.3 Å². The number of nitrogen functional groups attached to an aromatic ring is 1. The van der Waals surface area contributed by atoms with Gasteiger partial charge in [0.15, 0.2) is 5.82 Å². The van der Waals surface area contributed by atoms with Gasteiger partial charge in [-0.25, -0.2) is 9.97 Å². The van der Waals surface area contributed by atoms with Crippen LogP contribution in [0, 0.1) is 0 Å². The highest BCUT2D eigenvalue weighted by molar-refractivity contribution is 6.06. The van der Waals surface area contributed by atoms with Crippen molar-refractivity contribution in [1.82, 2.24) is 14.5 Å². The summed E-state index contributed by atoms with van der Waals surface area (Å²) in [5.74, 6) is 1.55. The molecule has 4 aromatic rings. The molecule has 0 aliphatic carbocycles. The van der Waals surface area contributed by atoms with Crippen LogP contribution in [0.5, 0.6) is 0 Å². The van der Waals surface area contributed by atoms with Crippen LogP contribution in [0.4, 0.5) is 5.82 Å². The van der Waals surface area contributed by atoms with Gasteiger partial charge < -0.3 is 19.8 Å². The van der Waals surface area contributed by atoms with E-state index >= 15 is 0 Å². The van der Waals surface area contributed by atoms with Crippen LogP contribution in [0.25, 0.3) is 21.9 Å². The van der Waals surface area contributed by atoms with E-state index in [1.807, 2.05) is 62.4 Å². The molecule has 0 unspecified atom stereocenters. The van der Waals surface area contributed by atoms with E-state index < -0.39 is 0 Å². The molecule has 6 nitrogen and oxygen atoms in total. The van der Waals surface area contributed by atoms with Gasteiger partial charge in [-0.05, 0) is 11.6 Å². The second-order valence-corrected chi connectivity index (χ2v) is 6.67. The van der Waals surface area contributed by atoms with Gasteiger partial charge in [0.25, 0.3) is 0 Å². The average molecular weight is 407 g/mol. The number of anilines is 1. The number of methoxy groups -OCH3 is 1. The lowest BCUT2D eigenvalue weighted by Crippen LogP contribution is -2.04. The molecule has 3 heterocycles. The summed E-state index contributed by atoms with van der Waals surface area (Å²) in [5.41, 5.74) is 10.1. The number of imidazole rings is 1. The van der Waals surface area contributed by atoms with Crippen LogP contribution in [0.15, 0.2) is 54.6 Å². The van der Waals surface area contributed by atoms with Gasteiger partial charge in [-0.3, -0.25) is 0 Å². The number of nitrogens with two attached hydrogens (primary N) is 1. The zero-order valence-electron chi connectivity index (χ0n) is 18.0. The van der Waals surface area contributed by atoms with Crippen LogP contribution in [0.3, 0.4) is 0 Å². The minimum Gasteiger partial charge on any atom is -0.382 e. The van der Waals surface area contributed by atoms with Gasteiger partial charge in [-0.1, -0.05) is 62.4 Å². The molecule has 6 heteroatoms. The van der Waals surface area contributed by atoms with Crippen molar-refractivity contribution < 1.29 is 9.47 Å². The van der Waals surface area contributed by atoms with E-state index in [-0.39, 0.29) is 0 Å². The molecule has 30 heavy (non-hydrogen) atoms. The first-order chi connectivity index (χ1) is 14.8. The minimum absolute atomic E-state index is 0.509. The second kappa shape index (κ2) is 10.7. The van der Waals surface area contributed by atoms with Crippen molar-refractivity contribution in [2.24, 2.45) is 0 Å². The summed E-state index contributed by atoms with van der Waals surface area (Å²) in [4.78, 5) is 9.10. The molecule has 0 amide bonds. The number of benzene rings is 2. The van der Waals surface area contributed by atoms with Crippen molar-refractivity contribution in [3.05, 3.63) is 66.0 Å². The van der Waals surface area contributed by atoms with Crippen LogP contribution in [-0.4, -0.2) is 34.9 Å². The molecule has 0 spiro atoms. The predicted molar refractivity (Wildman–Crippen MR) is 122 cm³/mol. The van der Waals surface area contributed by atoms with Crippen molar-refractivity contribution in [2.75, 3.05) is 26.1 Å². The Labute approximate surface area is 177 Å².